The molecular weight excluding hydrogens is 354 g/mol. The highest BCUT2D eigenvalue weighted by Gasteiger charge is 2.20. The van der Waals surface area contributed by atoms with E-state index in [4.69, 9.17) is 11.6 Å². The molecule has 0 aliphatic carbocycles. The zero-order valence-corrected chi connectivity index (χ0v) is 15.3. The van der Waals surface area contributed by atoms with Crippen molar-refractivity contribution in [3.05, 3.63) is 75.8 Å². The molecule has 6 heteroatoms. The monoisotopic (exact) mass is 371 g/mol. The first-order valence-electron chi connectivity index (χ1n) is 8.08. The molecule has 0 spiro atoms. The highest BCUT2D eigenvalue weighted by atomic mass is 35.5. The molecule has 1 aromatic heterocycles. The van der Waals surface area contributed by atoms with Gasteiger partial charge < -0.3 is 0 Å². The van der Waals surface area contributed by atoms with Crippen molar-refractivity contribution in [2.75, 3.05) is 5.32 Å². The summed E-state index contributed by atoms with van der Waals surface area (Å²) in [5.74, 6) is -0.243. The van der Waals surface area contributed by atoms with Crippen molar-refractivity contribution in [2.24, 2.45) is 0 Å². The average molecular weight is 372 g/mol. The molecule has 0 saturated heterocycles. The minimum Gasteiger partial charge on any atom is -0.300 e. The Morgan fingerprint density at radius 3 is 2.52 bits per heavy atom. The molecule has 0 unspecified atom stereocenters. The Morgan fingerprint density at radius 2 is 1.84 bits per heavy atom. The number of nitrogens with one attached hydrogen (secondary N) is 1. The Bertz CT molecular complexity index is 833. The first kappa shape index (κ1) is 17.6. The number of carbonyl (C=O) groups is 1. The number of aromatic nitrogens is 2. The van der Waals surface area contributed by atoms with E-state index in [0.717, 1.165) is 22.6 Å². The lowest BCUT2D eigenvalue weighted by atomic mass is 9.96. The molecule has 0 bridgehead atoms. The summed E-state index contributed by atoms with van der Waals surface area (Å²) in [6.07, 6.45) is 1.40. The predicted molar refractivity (Wildman–Crippen MR) is 102 cm³/mol. The van der Waals surface area contributed by atoms with Crippen molar-refractivity contribution >= 4 is 34.0 Å². The van der Waals surface area contributed by atoms with E-state index in [0.29, 0.717) is 16.6 Å². The number of amides is 1. The Morgan fingerprint density at radius 1 is 1.12 bits per heavy atom. The number of carbonyl (C=O) groups excluding carboxylic acids is 1. The van der Waals surface area contributed by atoms with Crippen LogP contribution in [0.25, 0.3) is 0 Å². The van der Waals surface area contributed by atoms with Crippen molar-refractivity contribution < 1.29 is 4.79 Å². The second-order valence-corrected chi connectivity index (χ2v) is 7.16. The molecule has 4 nitrogen and oxygen atoms in total. The number of hydrogen-bond acceptors (Lipinski definition) is 4. The van der Waals surface area contributed by atoms with Gasteiger partial charge in [0.25, 0.3) is 0 Å². The summed E-state index contributed by atoms with van der Waals surface area (Å²) >= 11 is 7.29. The molecular formula is C19H18ClN3OS. The van der Waals surface area contributed by atoms with Crippen LogP contribution in [0.1, 0.15) is 35.4 Å². The second-order valence-electron chi connectivity index (χ2n) is 5.66. The Hall–Kier alpha value is -2.24. The van der Waals surface area contributed by atoms with Gasteiger partial charge in [-0.3, -0.25) is 10.1 Å². The van der Waals surface area contributed by atoms with Gasteiger partial charge >= 0.3 is 0 Å². The van der Waals surface area contributed by atoms with Gasteiger partial charge in [0.1, 0.15) is 5.01 Å². The first-order valence-corrected chi connectivity index (χ1v) is 9.27. The molecule has 0 fully saturated rings. The molecule has 3 aromatic rings. The summed E-state index contributed by atoms with van der Waals surface area (Å²) in [4.78, 5) is 12.6. The zero-order chi connectivity index (χ0) is 17.6. The van der Waals surface area contributed by atoms with Crippen LogP contribution in [0.4, 0.5) is 5.13 Å². The Labute approximate surface area is 155 Å². The quantitative estimate of drug-likeness (QED) is 0.669. The fourth-order valence-corrected chi connectivity index (χ4v) is 3.51. The molecule has 1 N–H and O–H groups in total. The number of rotatable bonds is 6. The van der Waals surface area contributed by atoms with Crippen LogP contribution in [0.2, 0.25) is 5.02 Å². The summed E-state index contributed by atoms with van der Waals surface area (Å²) < 4.78 is 0. The smallest absolute Gasteiger partial charge is 0.233 e. The van der Waals surface area contributed by atoms with E-state index in [9.17, 15) is 4.79 Å². The second kappa shape index (κ2) is 8.23. The fraction of sp³-hybridized carbons (Fsp3) is 0.211. The van der Waals surface area contributed by atoms with E-state index in [-0.39, 0.29) is 11.8 Å². The number of halogens is 1. The van der Waals surface area contributed by atoms with Crippen LogP contribution in [0, 0.1) is 0 Å². The zero-order valence-electron chi connectivity index (χ0n) is 13.8. The molecule has 2 aromatic carbocycles. The topological polar surface area (TPSA) is 54.9 Å². The highest BCUT2D eigenvalue weighted by Crippen LogP contribution is 2.24. The highest BCUT2D eigenvalue weighted by molar-refractivity contribution is 7.15. The molecule has 25 heavy (non-hydrogen) atoms. The van der Waals surface area contributed by atoms with Crippen molar-refractivity contribution in [2.45, 2.75) is 25.7 Å². The number of hydrogen-bond donors (Lipinski definition) is 1. The first-order chi connectivity index (χ1) is 12.2. The summed E-state index contributed by atoms with van der Waals surface area (Å²) in [5, 5.41) is 13.2. The number of benzene rings is 2. The standard InChI is InChI=1S/C19H18ClN3OS/c1-2-16(14-6-4-3-5-7-14)18(24)21-19-23-22-17(25-19)12-13-8-10-15(20)11-9-13/h3-11,16H,2,12H2,1H3,(H,21,23,24)/t16-/m1/s1. The van der Waals surface area contributed by atoms with Crippen LogP contribution in [0.5, 0.6) is 0 Å². The summed E-state index contributed by atoms with van der Waals surface area (Å²) in [6.45, 7) is 2.00. The van der Waals surface area contributed by atoms with Crippen LogP contribution in [0.15, 0.2) is 54.6 Å². The number of nitrogens with zero attached hydrogens (tertiary/aromatic N) is 2. The summed E-state index contributed by atoms with van der Waals surface area (Å²) in [5.41, 5.74) is 2.11. The third-order valence-electron chi connectivity index (χ3n) is 3.89. The van der Waals surface area contributed by atoms with E-state index in [1.54, 1.807) is 0 Å². The van der Waals surface area contributed by atoms with Gasteiger partial charge in [0, 0.05) is 11.4 Å². The summed E-state index contributed by atoms with van der Waals surface area (Å²) in [6, 6.07) is 17.4. The van der Waals surface area contributed by atoms with Gasteiger partial charge in [-0.25, -0.2) is 0 Å². The van der Waals surface area contributed by atoms with Crippen molar-refractivity contribution in [1.82, 2.24) is 10.2 Å². The van der Waals surface area contributed by atoms with Gasteiger partial charge in [-0.05, 0) is 29.7 Å². The van der Waals surface area contributed by atoms with Crippen LogP contribution < -0.4 is 5.32 Å². The summed E-state index contributed by atoms with van der Waals surface area (Å²) in [7, 11) is 0. The molecule has 0 aliphatic rings. The maximum atomic E-state index is 12.6. The van der Waals surface area contributed by atoms with Crippen LogP contribution >= 0.6 is 22.9 Å². The minimum absolute atomic E-state index is 0.0529. The van der Waals surface area contributed by atoms with Crippen LogP contribution in [-0.4, -0.2) is 16.1 Å². The van der Waals surface area contributed by atoms with Gasteiger partial charge in [-0.2, -0.15) is 0 Å². The van der Waals surface area contributed by atoms with Crippen molar-refractivity contribution in [3.8, 4) is 0 Å². The van der Waals surface area contributed by atoms with E-state index < -0.39 is 0 Å². The lowest BCUT2D eigenvalue weighted by Crippen LogP contribution is -2.20. The molecule has 1 heterocycles. The van der Waals surface area contributed by atoms with E-state index in [1.165, 1.54) is 11.3 Å². The lowest BCUT2D eigenvalue weighted by molar-refractivity contribution is -0.117. The maximum Gasteiger partial charge on any atom is 0.233 e. The molecule has 3 rings (SSSR count). The Balaban J connectivity index is 1.66. The molecule has 128 valence electrons. The third kappa shape index (κ3) is 4.65. The number of anilines is 1. The van der Waals surface area contributed by atoms with Gasteiger partial charge in [-0.15, -0.1) is 10.2 Å². The van der Waals surface area contributed by atoms with Gasteiger partial charge in [0.15, 0.2) is 0 Å². The predicted octanol–water partition coefficient (Wildman–Crippen LogP) is 4.91. The van der Waals surface area contributed by atoms with Crippen molar-refractivity contribution in [1.29, 1.82) is 0 Å². The van der Waals surface area contributed by atoms with Gasteiger partial charge in [0.05, 0.1) is 5.92 Å². The molecule has 1 atom stereocenters. The fourth-order valence-electron chi connectivity index (χ4n) is 2.60. The SMILES string of the molecule is CC[C@@H](C(=O)Nc1nnc(Cc2ccc(Cl)cc2)s1)c1ccccc1. The van der Waals surface area contributed by atoms with Gasteiger partial charge in [-0.1, -0.05) is 72.3 Å². The lowest BCUT2D eigenvalue weighted by Gasteiger charge is -2.13. The third-order valence-corrected chi connectivity index (χ3v) is 4.98. The van der Waals surface area contributed by atoms with Gasteiger partial charge in [0.2, 0.25) is 11.0 Å². The van der Waals surface area contributed by atoms with E-state index >= 15 is 0 Å². The normalized spacial score (nSPS) is 11.9. The molecule has 0 radical (unpaired) electrons. The Kier molecular flexibility index (Phi) is 5.79. The maximum absolute atomic E-state index is 12.6. The molecule has 0 aliphatic heterocycles. The van der Waals surface area contributed by atoms with Crippen LogP contribution in [-0.2, 0) is 11.2 Å². The van der Waals surface area contributed by atoms with Crippen LogP contribution in [0.3, 0.4) is 0 Å². The minimum atomic E-state index is -0.190. The van der Waals surface area contributed by atoms with Crippen molar-refractivity contribution in [3.63, 3.8) is 0 Å². The largest absolute Gasteiger partial charge is 0.300 e. The van der Waals surface area contributed by atoms with E-state index in [1.807, 2.05) is 61.5 Å². The molecule has 1 amide bonds. The van der Waals surface area contributed by atoms with E-state index in [2.05, 4.69) is 15.5 Å². The molecule has 0 saturated carbocycles. The average Bonchev–Trinajstić information content (AvgIpc) is 3.05.